The zero-order chi connectivity index (χ0) is 22.0. The van der Waals surface area contributed by atoms with Crippen molar-refractivity contribution in [1.82, 2.24) is 0 Å². The van der Waals surface area contributed by atoms with Crippen molar-refractivity contribution >= 4 is 23.3 Å². The number of nitrogens with zero attached hydrogens (tertiary/aromatic N) is 2. The number of rotatable bonds is 6. The molecule has 0 bridgehead atoms. The quantitative estimate of drug-likeness (QED) is 0.406. The van der Waals surface area contributed by atoms with Gasteiger partial charge in [-0.1, -0.05) is 18.2 Å². The van der Waals surface area contributed by atoms with Gasteiger partial charge < -0.3 is 19.1 Å². The molecule has 0 aromatic heterocycles. The summed E-state index contributed by atoms with van der Waals surface area (Å²) in [5.41, 5.74) is 0.978. The van der Waals surface area contributed by atoms with Crippen molar-refractivity contribution in [2.24, 2.45) is 0 Å². The van der Waals surface area contributed by atoms with Gasteiger partial charge in [0.15, 0.2) is 17.6 Å². The molecule has 1 heterocycles. The molecule has 30 heavy (non-hydrogen) atoms. The van der Waals surface area contributed by atoms with Crippen LogP contribution in [0.3, 0.4) is 0 Å². The van der Waals surface area contributed by atoms with Crippen LogP contribution in [-0.2, 0) is 16.0 Å². The van der Waals surface area contributed by atoms with Crippen molar-refractivity contribution in [3.05, 3.63) is 57.6 Å². The average molecular weight is 414 g/mol. The van der Waals surface area contributed by atoms with Crippen LogP contribution in [0, 0.1) is 10.1 Å². The number of nitro groups is 1. The molecule has 0 saturated heterocycles. The lowest BCUT2D eigenvalue weighted by Gasteiger charge is -2.26. The molecule has 1 aliphatic rings. The predicted octanol–water partition coefficient (Wildman–Crippen LogP) is 3.14. The van der Waals surface area contributed by atoms with E-state index >= 15 is 0 Å². The van der Waals surface area contributed by atoms with Crippen molar-refractivity contribution < 1.29 is 28.7 Å². The van der Waals surface area contributed by atoms with E-state index in [1.165, 1.54) is 27.2 Å². The maximum atomic E-state index is 13.0. The lowest BCUT2D eigenvalue weighted by molar-refractivity contribution is -0.385. The van der Waals surface area contributed by atoms with Gasteiger partial charge >= 0.3 is 5.97 Å². The van der Waals surface area contributed by atoms with Crippen LogP contribution in [0.15, 0.2) is 36.4 Å². The maximum Gasteiger partial charge on any atom is 0.346 e. The lowest BCUT2D eigenvalue weighted by atomic mass is 10.1. The highest BCUT2D eigenvalue weighted by atomic mass is 16.6. The van der Waals surface area contributed by atoms with Crippen LogP contribution >= 0.6 is 0 Å². The standard InChI is InChI=1S/C21H22N2O7/c1-12-9-14-7-5-6-8-16(14)22(12)20(24)13(2)30-21(25)15-10-18(28-3)19(29-4)11-17(15)23(26)27/h5-8,10-13H,9H2,1-4H3/t12-,13+/m0/s1. The number of esters is 1. The summed E-state index contributed by atoms with van der Waals surface area (Å²) in [7, 11) is 2.67. The molecule has 9 heteroatoms. The van der Waals surface area contributed by atoms with Crippen LogP contribution in [0.1, 0.15) is 29.8 Å². The fourth-order valence-corrected chi connectivity index (χ4v) is 3.55. The Morgan fingerprint density at radius 1 is 1.17 bits per heavy atom. The zero-order valence-electron chi connectivity index (χ0n) is 17.1. The van der Waals surface area contributed by atoms with E-state index in [1.807, 2.05) is 31.2 Å². The second-order valence-corrected chi connectivity index (χ2v) is 6.92. The Kier molecular flexibility index (Phi) is 5.91. The minimum absolute atomic E-state index is 0.0912. The minimum Gasteiger partial charge on any atom is -0.493 e. The SMILES string of the molecule is COc1cc(C(=O)O[C@H](C)C(=O)N2c3ccccc3C[C@@H]2C)c([N+](=O)[O-])cc1OC. The number of carbonyl (C=O) groups is 2. The molecule has 3 rings (SSSR count). The van der Waals surface area contributed by atoms with Gasteiger partial charge in [0.2, 0.25) is 0 Å². The summed E-state index contributed by atoms with van der Waals surface area (Å²) in [5.74, 6) is -1.16. The molecule has 0 aliphatic carbocycles. The van der Waals surface area contributed by atoms with E-state index in [0.717, 1.165) is 17.3 Å². The molecule has 0 radical (unpaired) electrons. The molecule has 0 unspecified atom stereocenters. The largest absolute Gasteiger partial charge is 0.493 e. The van der Waals surface area contributed by atoms with E-state index in [-0.39, 0.29) is 23.1 Å². The number of hydrogen-bond acceptors (Lipinski definition) is 7. The Labute approximate surface area is 173 Å². The molecule has 0 saturated carbocycles. The summed E-state index contributed by atoms with van der Waals surface area (Å²) in [4.78, 5) is 38.0. The molecular formula is C21H22N2O7. The molecule has 0 N–H and O–H groups in total. The van der Waals surface area contributed by atoms with Gasteiger partial charge in [-0.25, -0.2) is 4.79 Å². The van der Waals surface area contributed by atoms with Crippen molar-refractivity contribution in [3.63, 3.8) is 0 Å². The van der Waals surface area contributed by atoms with Gasteiger partial charge in [0, 0.05) is 17.8 Å². The fraction of sp³-hybridized carbons (Fsp3) is 0.333. The van der Waals surface area contributed by atoms with E-state index in [0.29, 0.717) is 6.42 Å². The number of benzene rings is 2. The first-order valence-electron chi connectivity index (χ1n) is 9.30. The molecule has 2 aromatic rings. The normalized spacial score (nSPS) is 15.9. The number of ether oxygens (including phenoxy) is 3. The van der Waals surface area contributed by atoms with Crippen LogP contribution in [0.25, 0.3) is 0 Å². The molecule has 1 amide bonds. The third-order valence-electron chi connectivity index (χ3n) is 4.99. The smallest absolute Gasteiger partial charge is 0.346 e. The number of anilines is 1. The zero-order valence-corrected chi connectivity index (χ0v) is 17.1. The molecular weight excluding hydrogens is 392 g/mol. The van der Waals surface area contributed by atoms with Gasteiger partial charge in [0.25, 0.3) is 11.6 Å². The second-order valence-electron chi connectivity index (χ2n) is 6.92. The fourth-order valence-electron chi connectivity index (χ4n) is 3.55. The van der Waals surface area contributed by atoms with Gasteiger partial charge in [0.05, 0.1) is 25.2 Å². The highest BCUT2D eigenvalue weighted by Crippen LogP contribution is 2.36. The second kappa shape index (κ2) is 8.40. The monoisotopic (exact) mass is 414 g/mol. The summed E-state index contributed by atoms with van der Waals surface area (Å²) >= 11 is 0. The number of methoxy groups -OCH3 is 2. The third kappa shape index (κ3) is 3.78. The van der Waals surface area contributed by atoms with Crippen LogP contribution < -0.4 is 14.4 Å². The van der Waals surface area contributed by atoms with Gasteiger partial charge in [-0.3, -0.25) is 14.9 Å². The number of carbonyl (C=O) groups excluding carboxylic acids is 2. The van der Waals surface area contributed by atoms with Gasteiger partial charge in [-0.05, 0) is 31.9 Å². The molecule has 9 nitrogen and oxygen atoms in total. The number of amides is 1. The molecule has 158 valence electrons. The first-order chi connectivity index (χ1) is 14.3. The van der Waals surface area contributed by atoms with E-state index in [2.05, 4.69) is 0 Å². The van der Waals surface area contributed by atoms with Gasteiger partial charge in [-0.2, -0.15) is 0 Å². The highest BCUT2D eigenvalue weighted by Gasteiger charge is 2.35. The summed E-state index contributed by atoms with van der Waals surface area (Å²) in [6.45, 7) is 3.35. The van der Waals surface area contributed by atoms with E-state index in [9.17, 15) is 19.7 Å². The first-order valence-corrected chi connectivity index (χ1v) is 9.30. The lowest BCUT2D eigenvalue weighted by Crippen LogP contribution is -2.43. The van der Waals surface area contributed by atoms with Crippen molar-refractivity contribution in [3.8, 4) is 11.5 Å². The number of fused-ring (bicyclic) bond motifs is 1. The van der Waals surface area contributed by atoms with E-state index in [4.69, 9.17) is 14.2 Å². The van der Waals surface area contributed by atoms with Crippen molar-refractivity contribution in [1.29, 1.82) is 0 Å². The highest BCUT2D eigenvalue weighted by molar-refractivity contribution is 6.02. The molecule has 2 aromatic carbocycles. The van der Waals surface area contributed by atoms with Crippen molar-refractivity contribution in [2.75, 3.05) is 19.1 Å². The first kappa shape index (κ1) is 21.1. The van der Waals surface area contributed by atoms with Gasteiger partial charge in [0.1, 0.15) is 5.56 Å². The maximum absolute atomic E-state index is 13.0. The van der Waals surface area contributed by atoms with E-state index < -0.39 is 28.6 Å². The van der Waals surface area contributed by atoms with Crippen LogP contribution in [-0.4, -0.2) is 43.2 Å². The predicted molar refractivity (Wildman–Crippen MR) is 108 cm³/mol. The summed E-state index contributed by atoms with van der Waals surface area (Å²) in [6, 6.07) is 9.68. The molecule has 2 atom stereocenters. The Morgan fingerprint density at radius 3 is 2.43 bits per heavy atom. The average Bonchev–Trinajstić information content (AvgIpc) is 3.07. The number of para-hydroxylation sites is 1. The minimum atomic E-state index is -1.14. The van der Waals surface area contributed by atoms with Crippen LogP contribution in [0.4, 0.5) is 11.4 Å². The number of nitro benzene ring substituents is 1. The molecule has 0 spiro atoms. The molecule has 0 fully saturated rings. The number of hydrogen-bond donors (Lipinski definition) is 0. The topological polar surface area (TPSA) is 108 Å². The Morgan fingerprint density at radius 2 is 1.80 bits per heavy atom. The van der Waals surface area contributed by atoms with Crippen molar-refractivity contribution in [2.45, 2.75) is 32.4 Å². The summed E-state index contributed by atoms with van der Waals surface area (Å²) < 4.78 is 15.5. The third-order valence-corrected chi connectivity index (χ3v) is 4.99. The summed E-state index contributed by atoms with van der Waals surface area (Å²) in [6.07, 6.45) is -0.442. The Balaban J connectivity index is 1.85. The van der Waals surface area contributed by atoms with E-state index in [1.54, 1.807) is 4.90 Å². The summed E-state index contributed by atoms with van der Waals surface area (Å²) in [5, 5.41) is 11.4. The molecule has 1 aliphatic heterocycles. The Hall–Kier alpha value is -3.62. The van der Waals surface area contributed by atoms with Crippen LogP contribution in [0.2, 0.25) is 0 Å². The van der Waals surface area contributed by atoms with Gasteiger partial charge in [-0.15, -0.1) is 0 Å². The Bertz CT molecular complexity index is 1000. The van der Waals surface area contributed by atoms with Crippen LogP contribution in [0.5, 0.6) is 11.5 Å².